The number of carbonyl (C=O) groups excluding carboxylic acids is 1. The van der Waals surface area contributed by atoms with Gasteiger partial charge in [-0.05, 0) is 12.8 Å². The molecule has 0 atom stereocenters. The Kier molecular flexibility index (Phi) is 5.33. The number of rotatable bonds is 5. The van der Waals surface area contributed by atoms with Crippen molar-refractivity contribution < 1.29 is 9.32 Å². The van der Waals surface area contributed by atoms with Crippen LogP contribution in [0.4, 0.5) is 0 Å². The number of hydrogen-bond acceptors (Lipinski definition) is 5. The molecule has 0 radical (unpaired) electrons. The fourth-order valence-corrected chi connectivity index (χ4v) is 3.56. The van der Waals surface area contributed by atoms with E-state index < -0.39 is 0 Å². The van der Waals surface area contributed by atoms with E-state index >= 15 is 0 Å². The number of thioether (sulfide) groups is 1. The molecule has 1 fully saturated rings. The summed E-state index contributed by atoms with van der Waals surface area (Å²) in [5, 5.41) is 4.41. The van der Waals surface area contributed by atoms with Gasteiger partial charge in [-0.2, -0.15) is 4.98 Å². The molecule has 0 saturated heterocycles. The van der Waals surface area contributed by atoms with Crippen molar-refractivity contribution in [2.75, 3.05) is 12.8 Å². The minimum atomic E-state index is 0.126. The van der Waals surface area contributed by atoms with Crippen LogP contribution in [0.15, 0.2) is 40.1 Å². The Hall–Kier alpha value is -1.82. The average molecular weight is 331 g/mol. The van der Waals surface area contributed by atoms with Gasteiger partial charge >= 0.3 is 0 Å². The smallest absolute Gasteiger partial charge is 0.286 e. The van der Waals surface area contributed by atoms with Gasteiger partial charge in [0.1, 0.15) is 0 Å². The summed E-state index contributed by atoms with van der Waals surface area (Å²) in [5.41, 5.74) is 0.911. The van der Waals surface area contributed by atoms with E-state index in [2.05, 4.69) is 10.1 Å². The summed E-state index contributed by atoms with van der Waals surface area (Å²) in [6, 6.07) is 10.1. The molecule has 0 unspecified atom stereocenters. The molecule has 0 bridgehead atoms. The number of aromatic nitrogens is 2. The number of amides is 1. The molecule has 2 aromatic rings. The Morgan fingerprint density at radius 1 is 1.26 bits per heavy atom. The molecule has 6 heteroatoms. The van der Waals surface area contributed by atoms with Crippen LogP contribution in [0.1, 0.15) is 32.1 Å². The average Bonchev–Trinajstić information content (AvgIpc) is 3.09. The lowest BCUT2D eigenvalue weighted by Gasteiger charge is -2.31. The molecule has 23 heavy (non-hydrogen) atoms. The van der Waals surface area contributed by atoms with Crippen LogP contribution in [0, 0.1) is 0 Å². The summed E-state index contributed by atoms with van der Waals surface area (Å²) in [7, 11) is 1.90. The predicted molar refractivity (Wildman–Crippen MR) is 90.1 cm³/mol. The minimum Gasteiger partial charge on any atom is -0.342 e. The molecule has 0 spiro atoms. The maximum Gasteiger partial charge on any atom is 0.286 e. The van der Waals surface area contributed by atoms with E-state index in [4.69, 9.17) is 4.52 Å². The Bertz CT molecular complexity index is 638. The van der Waals surface area contributed by atoms with Crippen LogP contribution in [0.2, 0.25) is 0 Å². The van der Waals surface area contributed by atoms with Gasteiger partial charge in [-0.3, -0.25) is 4.79 Å². The molecular formula is C17H21N3O2S. The zero-order chi connectivity index (χ0) is 16.1. The first-order chi connectivity index (χ1) is 11.2. The second-order valence-corrected chi connectivity index (χ2v) is 6.76. The summed E-state index contributed by atoms with van der Waals surface area (Å²) in [6.45, 7) is 0. The maximum absolute atomic E-state index is 12.3. The third-order valence-electron chi connectivity index (χ3n) is 4.27. The summed E-state index contributed by atoms with van der Waals surface area (Å²) in [4.78, 5) is 18.5. The monoisotopic (exact) mass is 331 g/mol. The normalized spacial score (nSPS) is 15.5. The molecule has 1 aromatic carbocycles. The first-order valence-corrected chi connectivity index (χ1v) is 9.00. The quantitative estimate of drug-likeness (QED) is 0.783. The van der Waals surface area contributed by atoms with Gasteiger partial charge in [0.15, 0.2) is 0 Å². The molecule has 5 nitrogen and oxygen atoms in total. The van der Waals surface area contributed by atoms with Crippen molar-refractivity contribution in [1.29, 1.82) is 0 Å². The lowest BCUT2D eigenvalue weighted by Crippen LogP contribution is -2.39. The van der Waals surface area contributed by atoms with Crippen molar-refractivity contribution in [3.8, 4) is 11.4 Å². The summed E-state index contributed by atoms with van der Waals surface area (Å²) in [5.74, 6) is 1.02. The Balaban J connectivity index is 1.54. The van der Waals surface area contributed by atoms with Crippen LogP contribution in [0.25, 0.3) is 11.4 Å². The predicted octanol–water partition coefficient (Wildman–Crippen LogP) is 3.62. The summed E-state index contributed by atoms with van der Waals surface area (Å²) in [6.07, 6.45) is 5.97. The lowest BCUT2D eigenvalue weighted by molar-refractivity contribution is -0.129. The van der Waals surface area contributed by atoms with Gasteiger partial charge in [0.2, 0.25) is 11.7 Å². The molecule has 3 rings (SSSR count). The Morgan fingerprint density at radius 3 is 2.74 bits per heavy atom. The number of benzene rings is 1. The van der Waals surface area contributed by atoms with E-state index in [1.54, 1.807) is 0 Å². The van der Waals surface area contributed by atoms with Gasteiger partial charge in [0, 0.05) is 18.7 Å². The third kappa shape index (κ3) is 4.13. The molecule has 1 heterocycles. The third-order valence-corrected chi connectivity index (χ3v) is 5.08. The SMILES string of the molecule is CN(C(=O)CSc1nc(-c2ccccc2)no1)C1CCCCC1. The van der Waals surface area contributed by atoms with Gasteiger partial charge in [-0.15, -0.1) is 0 Å². The largest absolute Gasteiger partial charge is 0.342 e. The molecule has 1 aromatic heterocycles. The summed E-state index contributed by atoms with van der Waals surface area (Å²) >= 11 is 1.30. The molecule has 1 aliphatic rings. The number of carbonyl (C=O) groups is 1. The second-order valence-electron chi connectivity index (χ2n) is 5.84. The fourth-order valence-electron chi connectivity index (χ4n) is 2.87. The van der Waals surface area contributed by atoms with Gasteiger partial charge in [-0.25, -0.2) is 0 Å². The van der Waals surface area contributed by atoms with Crippen LogP contribution in [-0.4, -0.2) is 39.8 Å². The van der Waals surface area contributed by atoms with E-state index in [1.807, 2.05) is 42.3 Å². The minimum absolute atomic E-state index is 0.126. The number of hydrogen-bond donors (Lipinski definition) is 0. The van der Waals surface area contributed by atoms with Crippen molar-refractivity contribution in [3.63, 3.8) is 0 Å². The van der Waals surface area contributed by atoms with E-state index in [0.717, 1.165) is 18.4 Å². The zero-order valence-corrected chi connectivity index (χ0v) is 14.1. The molecular weight excluding hydrogens is 310 g/mol. The van der Waals surface area contributed by atoms with E-state index in [1.165, 1.54) is 31.0 Å². The highest BCUT2D eigenvalue weighted by Gasteiger charge is 2.22. The van der Waals surface area contributed by atoms with Crippen molar-refractivity contribution in [1.82, 2.24) is 15.0 Å². The van der Waals surface area contributed by atoms with Crippen molar-refractivity contribution >= 4 is 17.7 Å². The van der Waals surface area contributed by atoms with Crippen LogP contribution < -0.4 is 0 Å². The Morgan fingerprint density at radius 2 is 2.00 bits per heavy atom. The molecule has 1 saturated carbocycles. The van der Waals surface area contributed by atoms with Gasteiger partial charge < -0.3 is 9.42 Å². The number of nitrogens with zero attached hydrogens (tertiary/aromatic N) is 3. The highest BCUT2D eigenvalue weighted by molar-refractivity contribution is 7.99. The van der Waals surface area contributed by atoms with Crippen LogP contribution in [0.3, 0.4) is 0 Å². The molecule has 122 valence electrons. The van der Waals surface area contributed by atoms with E-state index in [9.17, 15) is 4.79 Å². The second kappa shape index (κ2) is 7.64. The van der Waals surface area contributed by atoms with Crippen molar-refractivity contribution in [2.45, 2.75) is 43.4 Å². The van der Waals surface area contributed by atoms with Crippen molar-refractivity contribution in [3.05, 3.63) is 30.3 Å². The lowest BCUT2D eigenvalue weighted by atomic mass is 9.94. The van der Waals surface area contributed by atoms with E-state index in [0.29, 0.717) is 22.8 Å². The van der Waals surface area contributed by atoms with Crippen LogP contribution >= 0.6 is 11.8 Å². The van der Waals surface area contributed by atoms with Crippen molar-refractivity contribution in [2.24, 2.45) is 0 Å². The first kappa shape index (κ1) is 16.1. The highest BCUT2D eigenvalue weighted by Crippen LogP contribution is 2.24. The van der Waals surface area contributed by atoms with Gasteiger partial charge in [-0.1, -0.05) is 66.5 Å². The topological polar surface area (TPSA) is 59.2 Å². The van der Waals surface area contributed by atoms with Crippen LogP contribution in [-0.2, 0) is 4.79 Å². The highest BCUT2D eigenvalue weighted by atomic mass is 32.2. The Labute approximate surface area is 140 Å². The van der Waals surface area contributed by atoms with Gasteiger partial charge in [0.05, 0.1) is 5.75 Å². The van der Waals surface area contributed by atoms with Crippen LogP contribution in [0.5, 0.6) is 0 Å². The maximum atomic E-state index is 12.3. The molecule has 1 amide bonds. The molecule has 0 aliphatic heterocycles. The standard InChI is InChI=1S/C17H21N3O2S/c1-20(14-10-6-3-7-11-14)15(21)12-23-17-18-16(19-22-17)13-8-4-2-5-9-13/h2,4-5,8-9,14H,3,6-7,10-12H2,1H3. The molecule has 1 aliphatic carbocycles. The fraction of sp³-hybridized carbons (Fsp3) is 0.471. The van der Waals surface area contributed by atoms with E-state index in [-0.39, 0.29) is 5.91 Å². The van der Waals surface area contributed by atoms with Gasteiger partial charge in [0.25, 0.3) is 5.22 Å². The summed E-state index contributed by atoms with van der Waals surface area (Å²) < 4.78 is 5.23. The zero-order valence-electron chi connectivity index (χ0n) is 13.3. The first-order valence-electron chi connectivity index (χ1n) is 8.01. The molecule has 0 N–H and O–H groups in total.